The monoisotopic (exact) mass is 282 g/mol. The van der Waals surface area contributed by atoms with Crippen LogP contribution in [0.1, 0.15) is 0 Å². The van der Waals surface area contributed by atoms with Crippen LogP contribution in [-0.2, 0) is 14.8 Å². The first-order valence-electron chi connectivity index (χ1n) is 5.73. The Morgan fingerprint density at radius 3 is 2.68 bits per heavy atom. The summed E-state index contributed by atoms with van der Waals surface area (Å²) in [6, 6.07) is 8.09. The minimum absolute atomic E-state index is 0.0604. The van der Waals surface area contributed by atoms with Crippen molar-refractivity contribution in [2.45, 2.75) is 11.0 Å². The van der Waals surface area contributed by atoms with Gasteiger partial charge in [-0.2, -0.15) is 9.57 Å². The van der Waals surface area contributed by atoms with Crippen molar-refractivity contribution in [3.8, 4) is 11.8 Å². The predicted octanol–water partition coefficient (Wildman–Crippen LogP) is 0.608. The van der Waals surface area contributed by atoms with Crippen LogP contribution >= 0.6 is 0 Å². The summed E-state index contributed by atoms with van der Waals surface area (Å²) in [6.45, 7) is 0.547. The highest BCUT2D eigenvalue weighted by Crippen LogP contribution is 2.21. The molecule has 102 valence electrons. The van der Waals surface area contributed by atoms with Crippen molar-refractivity contribution in [2.24, 2.45) is 0 Å². The van der Waals surface area contributed by atoms with Gasteiger partial charge in [0.15, 0.2) is 6.10 Å². The van der Waals surface area contributed by atoms with Crippen LogP contribution in [0.25, 0.3) is 0 Å². The Morgan fingerprint density at radius 2 is 2.11 bits per heavy atom. The Labute approximate surface area is 112 Å². The van der Waals surface area contributed by atoms with Crippen molar-refractivity contribution in [2.75, 3.05) is 26.8 Å². The SMILES string of the molecule is COc1ccc(S(=O)(=O)N2CCOC(C#N)C2)cc1. The molecule has 0 N–H and O–H groups in total. The Balaban J connectivity index is 2.23. The van der Waals surface area contributed by atoms with Crippen molar-refractivity contribution < 1.29 is 17.9 Å². The van der Waals surface area contributed by atoms with Crippen LogP contribution in [-0.4, -0.2) is 45.6 Å². The van der Waals surface area contributed by atoms with E-state index in [2.05, 4.69) is 0 Å². The van der Waals surface area contributed by atoms with Crippen LogP contribution in [0.3, 0.4) is 0 Å². The Morgan fingerprint density at radius 1 is 1.42 bits per heavy atom. The van der Waals surface area contributed by atoms with Gasteiger partial charge in [-0.05, 0) is 24.3 Å². The number of morpholine rings is 1. The Bertz CT molecular complexity index is 577. The van der Waals surface area contributed by atoms with Crippen LogP contribution < -0.4 is 4.74 Å². The average Bonchev–Trinajstić information content (AvgIpc) is 2.47. The normalized spacial score (nSPS) is 20.7. The summed E-state index contributed by atoms with van der Waals surface area (Å²) in [5.74, 6) is 0.593. The number of nitriles is 1. The zero-order chi connectivity index (χ0) is 13.9. The first-order valence-corrected chi connectivity index (χ1v) is 7.17. The van der Waals surface area contributed by atoms with Crippen molar-refractivity contribution in [3.63, 3.8) is 0 Å². The number of nitrogens with zero attached hydrogens (tertiary/aromatic N) is 2. The summed E-state index contributed by atoms with van der Waals surface area (Å²) in [6.07, 6.45) is -0.707. The van der Waals surface area contributed by atoms with Crippen LogP contribution in [0.15, 0.2) is 29.2 Å². The van der Waals surface area contributed by atoms with Gasteiger partial charge >= 0.3 is 0 Å². The zero-order valence-corrected chi connectivity index (χ0v) is 11.3. The van der Waals surface area contributed by atoms with Crippen molar-refractivity contribution in [1.29, 1.82) is 5.26 Å². The van der Waals surface area contributed by atoms with Crippen LogP contribution in [0.2, 0.25) is 0 Å². The molecule has 0 amide bonds. The molecule has 0 radical (unpaired) electrons. The average molecular weight is 282 g/mol. The molecule has 0 spiro atoms. The lowest BCUT2D eigenvalue weighted by molar-refractivity contribution is 0.0311. The molecular weight excluding hydrogens is 268 g/mol. The molecule has 7 heteroatoms. The van der Waals surface area contributed by atoms with Gasteiger partial charge in [0.25, 0.3) is 0 Å². The third-order valence-electron chi connectivity index (χ3n) is 2.87. The van der Waals surface area contributed by atoms with Gasteiger partial charge in [0.1, 0.15) is 5.75 Å². The molecule has 1 unspecified atom stereocenters. The lowest BCUT2D eigenvalue weighted by Crippen LogP contribution is -2.44. The van der Waals surface area contributed by atoms with Crippen molar-refractivity contribution in [1.82, 2.24) is 4.31 Å². The fourth-order valence-corrected chi connectivity index (χ4v) is 3.24. The molecule has 0 saturated carbocycles. The van der Waals surface area contributed by atoms with E-state index in [9.17, 15) is 8.42 Å². The number of rotatable bonds is 3. The fraction of sp³-hybridized carbons (Fsp3) is 0.417. The molecular formula is C12H14N2O4S. The summed E-state index contributed by atoms with van der Waals surface area (Å²) in [5, 5.41) is 8.80. The lowest BCUT2D eigenvalue weighted by atomic mass is 10.3. The van der Waals surface area contributed by atoms with E-state index in [-0.39, 0.29) is 24.6 Å². The first-order chi connectivity index (χ1) is 9.07. The molecule has 1 heterocycles. The third kappa shape index (κ3) is 2.87. The number of sulfonamides is 1. The van der Waals surface area contributed by atoms with Gasteiger partial charge in [0, 0.05) is 6.54 Å². The largest absolute Gasteiger partial charge is 0.497 e. The van der Waals surface area contributed by atoms with Gasteiger partial charge in [-0.15, -0.1) is 0 Å². The van der Waals surface area contributed by atoms with Crippen molar-refractivity contribution >= 4 is 10.0 Å². The number of hydrogen-bond acceptors (Lipinski definition) is 5. The molecule has 1 saturated heterocycles. The van der Waals surface area contributed by atoms with E-state index < -0.39 is 16.1 Å². The van der Waals surface area contributed by atoms with E-state index in [0.29, 0.717) is 5.75 Å². The number of ether oxygens (including phenoxy) is 2. The van der Waals surface area contributed by atoms with Crippen LogP contribution in [0, 0.1) is 11.3 Å². The Hall–Kier alpha value is -1.62. The molecule has 0 aromatic heterocycles. The van der Waals surface area contributed by atoms with Gasteiger partial charge in [-0.25, -0.2) is 8.42 Å². The molecule has 0 bridgehead atoms. The third-order valence-corrected chi connectivity index (χ3v) is 4.75. The minimum Gasteiger partial charge on any atom is -0.497 e. The molecule has 0 aliphatic carbocycles. The van der Waals surface area contributed by atoms with E-state index in [0.717, 1.165) is 0 Å². The quantitative estimate of drug-likeness (QED) is 0.811. The van der Waals surface area contributed by atoms with Gasteiger partial charge in [0.05, 0.1) is 31.2 Å². The van der Waals surface area contributed by atoms with Crippen molar-refractivity contribution in [3.05, 3.63) is 24.3 Å². The molecule has 1 aromatic carbocycles. The molecule has 1 atom stereocenters. The number of hydrogen-bond donors (Lipinski definition) is 0. The second kappa shape index (κ2) is 5.57. The van der Waals surface area contributed by atoms with Gasteiger partial charge in [-0.1, -0.05) is 0 Å². The summed E-state index contributed by atoms with van der Waals surface area (Å²) in [7, 11) is -2.07. The van der Waals surface area contributed by atoms with Crippen LogP contribution in [0.5, 0.6) is 5.75 Å². The Kier molecular flexibility index (Phi) is 4.04. The smallest absolute Gasteiger partial charge is 0.243 e. The zero-order valence-electron chi connectivity index (χ0n) is 10.4. The number of methoxy groups -OCH3 is 1. The lowest BCUT2D eigenvalue weighted by Gasteiger charge is -2.28. The van der Waals surface area contributed by atoms with E-state index in [4.69, 9.17) is 14.7 Å². The van der Waals surface area contributed by atoms with E-state index in [1.807, 2.05) is 6.07 Å². The minimum atomic E-state index is -3.58. The van der Waals surface area contributed by atoms with E-state index >= 15 is 0 Å². The standard InChI is InChI=1S/C12H14N2O4S/c1-17-10-2-4-12(5-3-10)19(15,16)14-6-7-18-11(8-13)9-14/h2-5,11H,6-7,9H2,1H3. The first kappa shape index (κ1) is 13.8. The molecule has 6 nitrogen and oxygen atoms in total. The highest BCUT2D eigenvalue weighted by molar-refractivity contribution is 7.89. The van der Waals surface area contributed by atoms with Gasteiger partial charge < -0.3 is 9.47 Å². The summed E-state index contributed by atoms with van der Waals surface area (Å²) >= 11 is 0. The van der Waals surface area contributed by atoms with E-state index in [1.165, 1.54) is 23.5 Å². The molecule has 1 aliphatic heterocycles. The summed E-state index contributed by atoms with van der Waals surface area (Å²) < 4.78 is 36.1. The predicted molar refractivity (Wildman–Crippen MR) is 67.1 cm³/mol. The molecule has 2 rings (SSSR count). The molecule has 1 fully saturated rings. The highest BCUT2D eigenvalue weighted by atomic mass is 32.2. The maximum atomic E-state index is 12.4. The maximum Gasteiger partial charge on any atom is 0.243 e. The van der Waals surface area contributed by atoms with Crippen LogP contribution in [0.4, 0.5) is 0 Å². The second-order valence-corrected chi connectivity index (χ2v) is 5.97. The molecule has 19 heavy (non-hydrogen) atoms. The summed E-state index contributed by atoms with van der Waals surface area (Å²) in [5.41, 5.74) is 0. The fourth-order valence-electron chi connectivity index (χ4n) is 1.82. The maximum absolute atomic E-state index is 12.4. The number of benzene rings is 1. The topological polar surface area (TPSA) is 79.6 Å². The second-order valence-electron chi connectivity index (χ2n) is 4.03. The molecule has 1 aliphatic rings. The van der Waals surface area contributed by atoms with Gasteiger partial charge in [-0.3, -0.25) is 0 Å². The highest BCUT2D eigenvalue weighted by Gasteiger charge is 2.30. The summed E-state index contributed by atoms with van der Waals surface area (Å²) in [4.78, 5) is 0.187. The van der Waals surface area contributed by atoms with E-state index in [1.54, 1.807) is 12.1 Å². The van der Waals surface area contributed by atoms with Gasteiger partial charge in [0.2, 0.25) is 10.0 Å². The molecule has 1 aromatic rings.